The molecular weight excluding hydrogens is 194 g/mol. The third kappa shape index (κ3) is 3.16. The molecule has 0 heterocycles. The van der Waals surface area contributed by atoms with Gasteiger partial charge >= 0.3 is 5.97 Å². The molecule has 0 unspecified atom stereocenters. The van der Waals surface area contributed by atoms with Crippen molar-refractivity contribution in [2.24, 2.45) is 0 Å². The number of hydrogen-bond acceptors (Lipinski definition) is 3. The van der Waals surface area contributed by atoms with Crippen LogP contribution in [0.4, 0.5) is 0 Å². The maximum Gasteiger partial charge on any atom is 0.328 e. The van der Waals surface area contributed by atoms with Gasteiger partial charge in [0, 0.05) is 6.08 Å². The van der Waals surface area contributed by atoms with Crippen LogP contribution in [0.5, 0.6) is 5.75 Å². The van der Waals surface area contributed by atoms with Crippen molar-refractivity contribution in [1.29, 1.82) is 5.26 Å². The van der Waals surface area contributed by atoms with Crippen LogP contribution in [0.2, 0.25) is 0 Å². The van der Waals surface area contributed by atoms with Crippen LogP contribution in [0.3, 0.4) is 0 Å². The quantitative estimate of drug-likeness (QED) is 0.730. The molecule has 4 nitrogen and oxygen atoms in total. The summed E-state index contributed by atoms with van der Waals surface area (Å²) in [5.41, 5.74) is 1.23. The molecule has 0 aromatic heterocycles. The fraction of sp³-hybridized carbons (Fsp3) is 0.0909. The molecule has 0 atom stereocenters. The van der Waals surface area contributed by atoms with E-state index in [1.165, 1.54) is 18.2 Å². The molecule has 0 saturated heterocycles. The highest BCUT2D eigenvalue weighted by molar-refractivity contribution is 5.85. The summed E-state index contributed by atoms with van der Waals surface area (Å²) >= 11 is 0. The van der Waals surface area contributed by atoms with Crippen LogP contribution in [0, 0.1) is 11.3 Å². The molecule has 0 amide bonds. The summed E-state index contributed by atoms with van der Waals surface area (Å²) in [6.07, 6.45) is 2.52. The molecule has 1 aromatic rings. The summed E-state index contributed by atoms with van der Waals surface area (Å²) < 4.78 is 0. The normalized spacial score (nSPS) is 10.1. The van der Waals surface area contributed by atoms with E-state index in [9.17, 15) is 9.90 Å². The number of carboxylic acids is 1. The topological polar surface area (TPSA) is 81.3 Å². The van der Waals surface area contributed by atoms with Crippen LogP contribution < -0.4 is 0 Å². The third-order valence-electron chi connectivity index (χ3n) is 1.80. The second kappa shape index (κ2) is 4.82. The number of nitriles is 1. The maximum atomic E-state index is 10.3. The lowest BCUT2D eigenvalue weighted by molar-refractivity contribution is -0.131. The molecule has 76 valence electrons. The summed E-state index contributed by atoms with van der Waals surface area (Å²) in [6.45, 7) is 0. The fourth-order valence-electron chi connectivity index (χ4n) is 1.15. The van der Waals surface area contributed by atoms with E-state index < -0.39 is 5.97 Å². The van der Waals surface area contributed by atoms with Crippen molar-refractivity contribution in [3.8, 4) is 11.8 Å². The van der Waals surface area contributed by atoms with E-state index in [0.29, 0.717) is 11.1 Å². The van der Waals surface area contributed by atoms with Gasteiger partial charge in [0.15, 0.2) is 0 Å². The highest BCUT2D eigenvalue weighted by Gasteiger charge is 2.01. The van der Waals surface area contributed by atoms with Crippen molar-refractivity contribution in [3.63, 3.8) is 0 Å². The second-order valence-electron chi connectivity index (χ2n) is 2.89. The first kappa shape index (κ1) is 10.8. The number of carbonyl (C=O) groups is 1. The molecule has 0 radical (unpaired) electrons. The van der Waals surface area contributed by atoms with E-state index >= 15 is 0 Å². The molecule has 0 aliphatic heterocycles. The summed E-state index contributed by atoms with van der Waals surface area (Å²) in [4.78, 5) is 10.3. The van der Waals surface area contributed by atoms with Crippen molar-refractivity contribution < 1.29 is 15.0 Å². The number of rotatable bonds is 3. The van der Waals surface area contributed by atoms with Gasteiger partial charge in [-0.3, -0.25) is 0 Å². The Morgan fingerprint density at radius 3 is 2.87 bits per heavy atom. The standard InChI is InChI=1S/C11H9NO3/c12-6-5-9-7-10(13)3-1-8(9)2-4-11(14)15/h1-4,7,13H,5H2,(H,14,15). The Morgan fingerprint density at radius 1 is 1.53 bits per heavy atom. The monoisotopic (exact) mass is 203 g/mol. The van der Waals surface area contributed by atoms with Gasteiger partial charge in [-0.25, -0.2) is 4.79 Å². The third-order valence-corrected chi connectivity index (χ3v) is 1.80. The first-order valence-electron chi connectivity index (χ1n) is 4.23. The van der Waals surface area contributed by atoms with Crippen molar-refractivity contribution in [1.82, 2.24) is 0 Å². The Hall–Kier alpha value is -2.28. The zero-order valence-electron chi connectivity index (χ0n) is 7.84. The van der Waals surface area contributed by atoms with Crippen LogP contribution in [0.25, 0.3) is 6.08 Å². The number of carboxylic acid groups (broad SMARTS) is 1. The average molecular weight is 203 g/mol. The summed E-state index contributed by atoms with van der Waals surface area (Å²) in [5, 5.41) is 26.2. The molecule has 0 aliphatic rings. The van der Waals surface area contributed by atoms with Crippen molar-refractivity contribution in [2.45, 2.75) is 6.42 Å². The molecule has 0 saturated carbocycles. The minimum absolute atomic E-state index is 0.0627. The van der Waals surface area contributed by atoms with E-state index in [1.807, 2.05) is 6.07 Å². The van der Waals surface area contributed by atoms with Gasteiger partial charge in [0.25, 0.3) is 0 Å². The highest BCUT2D eigenvalue weighted by Crippen LogP contribution is 2.18. The fourth-order valence-corrected chi connectivity index (χ4v) is 1.15. The summed E-state index contributed by atoms with van der Waals surface area (Å²) in [6, 6.07) is 6.41. The second-order valence-corrected chi connectivity index (χ2v) is 2.89. The zero-order chi connectivity index (χ0) is 11.3. The zero-order valence-corrected chi connectivity index (χ0v) is 7.84. The Balaban J connectivity index is 3.06. The van der Waals surface area contributed by atoms with Crippen molar-refractivity contribution in [2.75, 3.05) is 0 Å². The lowest BCUT2D eigenvalue weighted by Gasteiger charge is -2.02. The molecule has 1 aromatic carbocycles. The van der Waals surface area contributed by atoms with Crippen LogP contribution in [-0.4, -0.2) is 16.2 Å². The van der Waals surface area contributed by atoms with Crippen molar-refractivity contribution in [3.05, 3.63) is 35.4 Å². The number of benzene rings is 1. The summed E-state index contributed by atoms with van der Waals surface area (Å²) in [7, 11) is 0. The first-order valence-corrected chi connectivity index (χ1v) is 4.23. The molecule has 2 N–H and O–H groups in total. The van der Waals surface area contributed by atoms with Crippen LogP contribution in [0.1, 0.15) is 11.1 Å². The van der Waals surface area contributed by atoms with Crippen LogP contribution in [0.15, 0.2) is 24.3 Å². The molecule has 4 heteroatoms. The molecule has 0 aliphatic carbocycles. The molecule has 15 heavy (non-hydrogen) atoms. The van der Waals surface area contributed by atoms with Crippen LogP contribution in [-0.2, 0) is 11.2 Å². The molecule has 0 bridgehead atoms. The first-order chi connectivity index (χ1) is 7.13. The van der Waals surface area contributed by atoms with E-state index in [0.717, 1.165) is 6.08 Å². The van der Waals surface area contributed by atoms with Gasteiger partial charge in [0.05, 0.1) is 12.5 Å². The van der Waals surface area contributed by atoms with E-state index in [4.69, 9.17) is 10.4 Å². The SMILES string of the molecule is N#CCc1cc(O)ccc1C=CC(=O)O. The number of aliphatic carboxylic acids is 1. The molecular formula is C11H9NO3. The number of phenolic OH excluding ortho intramolecular Hbond substituents is 1. The lowest BCUT2D eigenvalue weighted by Crippen LogP contribution is -1.90. The molecule has 0 fully saturated rings. The minimum atomic E-state index is -1.05. The van der Waals surface area contributed by atoms with Crippen molar-refractivity contribution >= 4 is 12.0 Å². The average Bonchev–Trinajstić information content (AvgIpc) is 2.17. The van der Waals surface area contributed by atoms with Gasteiger partial charge in [0.2, 0.25) is 0 Å². The van der Waals surface area contributed by atoms with Gasteiger partial charge in [0.1, 0.15) is 5.75 Å². The Kier molecular flexibility index (Phi) is 3.47. The van der Waals surface area contributed by atoms with Gasteiger partial charge in [-0.15, -0.1) is 0 Å². The highest BCUT2D eigenvalue weighted by atomic mass is 16.4. The Bertz CT molecular complexity index is 444. The molecule has 1 rings (SSSR count). The lowest BCUT2D eigenvalue weighted by atomic mass is 10.0. The molecule has 0 spiro atoms. The van der Waals surface area contributed by atoms with E-state index in [-0.39, 0.29) is 12.2 Å². The maximum absolute atomic E-state index is 10.3. The predicted octanol–water partition coefficient (Wildman–Crippen LogP) is 1.56. The van der Waals surface area contributed by atoms with Gasteiger partial charge < -0.3 is 10.2 Å². The number of hydrogen-bond donors (Lipinski definition) is 2. The Labute approximate surface area is 86.7 Å². The minimum Gasteiger partial charge on any atom is -0.508 e. The predicted molar refractivity (Wildman–Crippen MR) is 54.1 cm³/mol. The van der Waals surface area contributed by atoms with Gasteiger partial charge in [-0.1, -0.05) is 6.07 Å². The van der Waals surface area contributed by atoms with E-state index in [1.54, 1.807) is 6.07 Å². The van der Waals surface area contributed by atoms with Gasteiger partial charge in [-0.2, -0.15) is 5.26 Å². The summed E-state index contributed by atoms with van der Waals surface area (Å²) in [5.74, 6) is -0.987. The smallest absolute Gasteiger partial charge is 0.328 e. The van der Waals surface area contributed by atoms with E-state index in [2.05, 4.69) is 0 Å². The number of nitrogens with zero attached hydrogens (tertiary/aromatic N) is 1. The number of aromatic hydroxyl groups is 1. The largest absolute Gasteiger partial charge is 0.508 e. The van der Waals surface area contributed by atoms with Crippen LogP contribution >= 0.6 is 0 Å². The number of phenols is 1. The Morgan fingerprint density at radius 2 is 2.27 bits per heavy atom. The van der Waals surface area contributed by atoms with Gasteiger partial charge in [-0.05, 0) is 29.3 Å².